The van der Waals surface area contributed by atoms with Crippen molar-refractivity contribution < 1.29 is 23.9 Å². The molecule has 0 unspecified atom stereocenters. The van der Waals surface area contributed by atoms with Crippen LogP contribution >= 0.6 is 0 Å². The van der Waals surface area contributed by atoms with E-state index in [4.69, 9.17) is 9.47 Å². The lowest BCUT2D eigenvalue weighted by Gasteiger charge is -2.25. The predicted octanol–water partition coefficient (Wildman–Crippen LogP) is 5.49. The van der Waals surface area contributed by atoms with Crippen molar-refractivity contribution in [3.8, 4) is 0 Å². The first-order valence-corrected chi connectivity index (χ1v) is 11.8. The number of carbonyl (C=O) groups excluding carboxylic acids is 3. The van der Waals surface area contributed by atoms with Crippen molar-refractivity contribution >= 4 is 17.8 Å². The second kappa shape index (κ2) is 12.9. The smallest absolute Gasteiger partial charge is 0.408 e. The van der Waals surface area contributed by atoms with Crippen molar-refractivity contribution in [2.75, 3.05) is 0 Å². The quantitative estimate of drug-likeness (QED) is 0.442. The van der Waals surface area contributed by atoms with Gasteiger partial charge in [0, 0.05) is 6.42 Å². The maximum absolute atomic E-state index is 13.3. The highest BCUT2D eigenvalue weighted by atomic mass is 16.6. The van der Waals surface area contributed by atoms with E-state index < -0.39 is 29.6 Å². The number of amides is 1. The molecule has 0 spiro atoms. The fourth-order valence-corrected chi connectivity index (χ4v) is 3.56. The average Bonchev–Trinajstić information content (AvgIpc) is 2.76. The van der Waals surface area contributed by atoms with E-state index in [9.17, 15) is 14.4 Å². The molecule has 0 heterocycles. The molecule has 0 radical (unpaired) electrons. The van der Waals surface area contributed by atoms with Gasteiger partial charge in [-0.15, -0.1) is 0 Å². The van der Waals surface area contributed by atoms with Gasteiger partial charge in [-0.3, -0.25) is 9.59 Å². The molecule has 0 fully saturated rings. The third-order valence-electron chi connectivity index (χ3n) is 5.12. The van der Waals surface area contributed by atoms with Gasteiger partial charge in [0.2, 0.25) is 0 Å². The van der Waals surface area contributed by atoms with Gasteiger partial charge < -0.3 is 14.8 Å². The Morgan fingerprint density at radius 3 is 1.97 bits per heavy atom. The van der Waals surface area contributed by atoms with Crippen LogP contribution in [-0.4, -0.2) is 29.5 Å². The van der Waals surface area contributed by atoms with Crippen LogP contribution in [0.15, 0.2) is 60.7 Å². The van der Waals surface area contributed by atoms with Crippen molar-refractivity contribution in [3.63, 3.8) is 0 Å². The van der Waals surface area contributed by atoms with Crippen molar-refractivity contribution in [3.05, 3.63) is 71.8 Å². The fourth-order valence-electron chi connectivity index (χ4n) is 3.56. The van der Waals surface area contributed by atoms with E-state index in [1.165, 1.54) is 0 Å². The minimum absolute atomic E-state index is 0.0320. The third-order valence-corrected chi connectivity index (χ3v) is 5.12. The van der Waals surface area contributed by atoms with Crippen LogP contribution in [0, 0.1) is 11.8 Å². The Kier molecular flexibility index (Phi) is 10.3. The van der Waals surface area contributed by atoms with Gasteiger partial charge in [-0.05, 0) is 50.7 Å². The molecule has 2 rings (SSSR count). The largest absolute Gasteiger partial charge is 0.461 e. The molecule has 0 saturated carbocycles. The number of benzene rings is 2. The minimum Gasteiger partial charge on any atom is -0.461 e. The van der Waals surface area contributed by atoms with Gasteiger partial charge in [0.25, 0.3) is 0 Å². The maximum Gasteiger partial charge on any atom is 0.408 e. The Morgan fingerprint density at radius 1 is 0.882 bits per heavy atom. The zero-order chi connectivity index (χ0) is 25.1. The molecule has 0 aliphatic heterocycles. The Balaban J connectivity index is 2.14. The third kappa shape index (κ3) is 10.2. The molecule has 6 heteroatoms. The second-order valence-corrected chi connectivity index (χ2v) is 9.98. The van der Waals surface area contributed by atoms with Gasteiger partial charge in [0.15, 0.2) is 5.78 Å². The van der Waals surface area contributed by atoms with Crippen molar-refractivity contribution in [2.45, 2.75) is 72.1 Å². The molecule has 0 aliphatic rings. The van der Waals surface area contributed by atoms with Crippen LogP contribution in [0.5, 0.6) is 0 Å². The number of Topliss-reactive ketones (excluding diaryl/α,β-unsaturated/α-hetero) is 1. The molecule has 6 nitrogen and oxygen atoms in total. The summed E-state index contributed by atoms with van der Waals surface area (Å²) >= 11 is 0. The van der Waals surface area contributed by atoms with Crippen molar-refractivity contribution in [1.29, 1.82) is 0 Å². The van der Waals surface area contributed by atoms with E-state index in [0.29, 0.717) is 12.8 Å². The van der Waals surface area contributed by atoms with Gasteiger partial charge >= 0.3 is 12.1 Å². The predicted molar refractivity (Wildman–Crippen MR) is 132 cm³/mol. The number of rotatable bonds is 11. The molecule has 0 aromatic heterocycles. The summed E-state index contributed by atoms with van der Waals surface area (Å²) in [6.07, 6.45) is 0.157. The highest BCUT2D eigenvalue weighted by Gasteiger charge is 2.30. The normalized spacial score (nSPS) is 13.1. The van der Waals surface area contributed by atoms with Gasteiger partial charge in [-0.25, -0.2) is 4.79 Å². The fraction of sp³-hybridized carbons (Fsp3) is 0.464. The number of hydrogen-bond donors (Lipinski definition) is 1. The summed E-state index contributed by atoms with van der Waals surface area (Å²) in [5, 5.41) is 2.71. The summed E-state index contributed by atoms with van der Waals surface area (Å²) < 4.78 is 10.9. The van der Waals surface area contributed by atoms with E-state index in [0.717, 1.165) is 11.1 Å². The molecule has 2 aromatic rings. The topological polar surface area (TPSA) is 81.7 Å². The Bertz CT molecular complexity index is 919. The van der Waals surface area contributed by atoms with Crippen LogP contribution < -0.4 is 5.32 Å². The lowest BCUT2D eigenvalue weighted by atomic mass is 9.90. The number of carbonyl (C=O) groups is 3. The first-order chi connectivity index (χ1) is 16.0. The Labute approximate surface area is 203 Å². The van der Waals surface area contributed by atoms with Gasteiger partial charge in [0.1, 0.15) is 12.2 Å². The van der Waals surface area contributed by atoms with Crippen LogP contribution in [0.4, 0.5) is 4.79 Å². The monoisotopic (exact) mass is 467 g/mol. The number of esters is 1. The molecule has 1 amide bonds. The zero-order valence-electron chi connectivity index (χ0n) is 20.9. The molecule has 1 N–H and O–H groups in total. The lowest BCUT2D eigenvalue weighted by Crippen LogP contribution is -2.45. The maximum atomic E-state index is 13.3. The molecule has 2 aromatic carbocycles. The summed E-state index contributed by atoms with van der Waals surface area (Å²) in [6, 6.07) is 18.2. The molecule has 0 saturated heterocycles. The van der Waals surface area contributed by atoms with Crippen molar-refractivity contribution in [1.82, 2.24) is 5.32 Å². The number of ether oxygens (including phenoxy) is 2. The number of alkyl carbamates (subject to hydrolysis) is 1. The summed E-state index contributed by atoms with van der Waals surface area (Å²) in [5.74, 6) is -1.13. The molecule has 184 valence electrons. The van der Waals surface area contributed by atoms with Crippen LogP contribution in [0.25, 0.3) is 0 Å². The zero-order valence-corrected chi connectivity index (χ0v) is 20.9. The van der Waals surface area contributed by atoms with Crippen LogP contribution in [0.1, 0.15) is 58.6 Å². The van der Waals surface area contributed by atoms with E-state index >= 15 is 0 Å². The highest BCUT2D eigenvalue weighted by molar-refractivity contribution is 5.90. The molecular formula is C28H37NO5. The van der Waals surface area contributed by atoms with Crippen LogP contribution in [0.2, 0.25) is 0 Å². The summed E-state index contributed by atoms with van der Waals surface area (Å²) in [7, 11) is 0. The van der Waals surface area contributed by atoms with Crippen LogP contribution in [0.3, 0.4) is 0 Å². The van der Waals surface area contributed by atoms with E-state index in [-0.39, 0.29) is 24.7 Å². The first-order valence-electron chi connectivity index (χ1n) is 11.8. The van der Waals surface area contributed by atoms with E-state index in [1.807, 2.05) is 74.5 Å². The van der Waals surface area contributed by atoms with E-state index in [1.54, 1.807) is 20.8 Å². The first kappa shape index (κ1) is 27.1. The average molecular weight is 468 g/mol. The second-order valence-electron chi connectivity index (χ2n) is 9.98. The molecule has 34 heavy (non-hydrogen) atoms. The van der Waals surface area contributed by atoms with Gasteiger partial charge in [0.05, 0.1) is 12.0 Å². The highest BCUT2D eigenvalue weighted by Crippen LogP contribution is 2.19. The standard InChI is InChI=1S/C28H37NO5/c1-20(2)16-24(29-27(32)34-28(3,4)5)25(30)18-23(17-21-12-8-6-9-13-21)26(31)33-19-22-14-10-7-11-15-22/h6-15,20,23-24H,16-19H2,1-5H3,(H,29,32)/t23-,24-/m1/s1. The minimum atomic E-state index is -0.741. The van der Waals surface area contributed by atoms with Crippen molar-refractivity contribution in [2.24, 2.45) is 11.8 Å². The SMILES string of the molecule is CC(C)C[C@@H](NC(=O)OC(C)(C)C)C(=O)C[C@@H](Cc1ccccc1)C(=O)OCc1ccccc1. The Hall–Kier alpha value is -3.15. The molecular weight excluding hydrogens is 430 g/mol. The number of nitrogens with one attached hydrogen (secondary N) is 1. The lowest BCUT2D eigenvalue weighted by molar-refractivity contribution is -0.151. The van der Waals surface area contributed by atoms with Gasteiger partial charge in [-0.1, -0.05) is 74.5 Å². The number of ketones is 1. The summed E-state index contributed by atoms with van der Waals surface area (Å²) in [6.45, 7) is 9.41. The van der Waals surface area contributed by atoms with Gasteiger partial charge in [-0.2, -0.15) is 0 Å². The summed E-state index contributed by atoms with van der Waals surface area (Å²) in [5.41, 5.74) is 1.15. The molecule has 0 bridgehead atoms. The van der Waals surface area contributed by atoms with E-state index in [2.05, 4.69) is 5.32 Å². The number of hydrogen-bond acceptors (Lipinski definition) is 5. The Morgan fingerprint density at radius 2 is 1.44 bits per heavy atom. The summed E-state index contributed by atoms with van der Waals surface area (Å²) in [4.78, 5) is 38.7. The molecule has 0 aliphatic carbocycles. The van der Waals surface area contributed by atoms with Crippen LogP contribution in [-0.2, 0) is 32.1 Å². The molecule has 2 atom stereocenters.